The van der Waals surface area contributed by atoms with E-state index in [1.165, 1.54) is 5.56 Å². The van der Waals surface area contributed by atoms with Crippen molar-refractivity contribution in [2.24, 2.45) is 0 Å². The lowest BCUT2D eigenvalue weighted by Gasteiger charge is -2.22. The Balaban J connectivity index is 2.07. The Morgan fingerprint density at radius 3 is 2.48 bits per heavy atom. The largest absolute Gasteiger partial charge is 0.496 e. The van der Waals surface area contributed by atoms with Crippen molar-refractivity contribution in [3.8, 4) is 11.5 Å². The lowest BCUT2D eigenvalue weighted by molar-refractivity contribution is -0.128. The predicted molar refractivity (Wildman–Crippen MR) is 100 cm³/mol. The Kier molecular flexibility index (Phi) is 6.45. The standard InChI is InChI=1S/C21H27NO3/c1-6-19(25-17-12-11-14(2)15(3)13-17)21(23)22-16(4)18-9-7-8-10-20(18)24-5/h7-13,16,19H,6H2,1-5H3,(H,22,23)/t16-,19-/m1/s1. The molecule has 0 bridgehead atoms. The Hall–Kier alpha value is -2.49. The minimum Gasteiger partial charge on any atom is -0.496 e. The molecule has 0 fully saturated rings. The summed E-state index contributed by atoms with van der Waals surface area (Å²) in [6.07, 6.45) is 0.0662. The Morgan fingerprint density at radius 1 is 1.12 bits per heavy atom. The summed E-state index contributed by atoms with van der Waals surface area (Å²) in [5.74, 6) is 1.35. The number of aryl methyl sites for hydroxylation is 2. The molecule has 0 unspecified atom stereocenters. The topological polar surface area (TPSA) is 47.6 Å². The van der Waals surface area contributed by atoms with E-state index in [1.54, 1.807) is 7.11 Å². The number of carbonyl (C=O) groups excluding carboxylic acids is 1. The molecule has 0 aliphatic rings. The van der Waals surface area contributed by atoms with Gasteiger partial charge in [-0.1, -0.05) is 31.2 Å². The molecule has 0 spiro atoms. The van der Waals surface area contributed by atoms with Crippen molar-refractivity contribution < 1.29 is 14.3 Å². The average molecular weight is 341 g/mol. The van der Waals surface area contributed by atoms with Gasteiger partial charge in [-0.05, 0) is 56.5 Å². The number of para-hydroxylation sites is 1. The highest BCUT2D eigenvalue weighted by Gasteiger charge is 2.22. The quantitative estimate of drug-likeness (QED) is 0.814. The molecule has 0 aliphatic heterocycles. The molecule has 134 valence electrons. The maximum atomic E-state index is 12.6. The van der Waals surface area contributed by atoms with Crippen molar-refractivity contribution >= 4 is 5.91 Å². The first-order chi connectivity index (χ1) is 12.0. The zero-order valence-electron chi connectivity index (χ0n) is 15.6. The third-order valence-electron chi connectivity index (χ3n) is 4.38. The van der Waals surface area contributed by atoms with Crippen molar-refractivity contribution in [3.63, 3.8) is 0 Å². The fourth-order valence-electron chi connectivity index (χ4n) is 2.68. The Morgan fingerprint density at radius 2 is 1.84 bits per heavy atom. The molecule has 4 heteroatoms. The summed E-state index contributed by atoms with van der Waals surface area (Å²) >= 11 is 0. The molecule has 0 saturated heterocycles. The fraction of sp³-hybridized carbons (Fsp3) is 0.381. The molecule has 0 aromatic heterocycles. The average Bonchev–Trinajstić information content (AvgIpc) is 2.62. The smallest absolute Gasteiger partial charge is 0.261 e. The van der Waals surface area contributed by atoms with Gasteiger partial charge in [0.15, 0.2) is 6.10 Å². The Bertz CT molecular complexity index is 727. The van der Waals surface area contributed by atoms with E-state index in [1.807, 2.05) is 63.2 Å². The molecule has 0 aliphatic carbocycles. The van der Waals surface area contributed by atoms with Crippen LogP contribution >= 0.6 is 0 Å². The summed E-state index contributed by atoms with van der Waals surface area (Å²) in [5.41, 5.74) is 3.30. The summed E-state index contributed by atoms with van der Waals surface area (Å²) in [6, 6.07) is 13.4. The first-order valence-corrected chi connectivity index (χ1v) is 8.63. The van der Waals surface area contributed by atoms with Crippen LogP contribution in [0.1, 0.15) is 43.0 Å². The van der Waals surface area contributed by atoms with E-state index >= 15 is 0 Å². The van der Waals surface area contributed by atoms with Crippen molar-refractivity contribution in [2.45, 2.75) is 46.3 Å². The number of benzene rings is 2. The summed E-state index contributed by atoms with van der Waals surface area (Å²) in [7, 11) is 1.63. The first kappa shape index (κ1) is 18.8. The number of carbonyl (C=O) groups is 1. The highest BCUT2D eigenvalue weighted by molar-refractivity contribution is 5.81. The second kappa shape index (κ2) is 8.56. The predicted octanol–water partition coefficient (Wildman–Crippen LogP) is 4.35. The zero-order chi connectivity index (χ0) is 18.4. The number of hydrogen-bond donors (Lipinski definition) is 1. The summed E-state index contributed by atoms with van der Waals surface area (Å²) < 4.78 is 11.3. The van der Waals surface area contributed by atoms with Gasteiger partial charge in [-0.2, -0.15) is 0 Å². The minimum absolute atomic E-state index is 0.126. The molecule has 2 atom stereocenters. The van der Waals surface area contributed by atoms with Crippen LogP contribution in [-0.2, 0) is 4.79 Å². The van der Waals surface area contributed by atoms with Gasteiger partial charge in [-0.25, -0.2) is 0 Å². The fourth-order valence-corrected chi connectivity index (χ4v) is 2.68. The summed E-state index contributed by atoms with van der Waals surface area (Å²) in [4.78, 5) is 12.6. The number of amides is 1. The molecule has 4 nitrogen and oxygen atoms in total. The SMILES string of the molecule is CC[C@@H](Oc1ccc(C)c(C)c1)C(=O)N[C@H](C)c1ccccc1OC. The van der Waals surface area contributed by atoms with Gasteiger partial charge in [0.25, 0.3) is 5.91 Å². The van der Waals surface area contributed by atoms with Crippen LogP contribution in [0, 0.1) is 13.8 Å². The molecule has 0 heterocycles. The van der Waals surface area contributed by atoms with Gasteiger partial charge in [-0.15, -0.1) is 0 Å². The zero-order valence-corrected chi connectivity index (χ0v) is 15.6. The highest BCUT2D eigenvalue weighted by atomic mass is 16.5. The van der Waals surface area contributed by atoms with E-state index in [9.17, 15) is 4.79 Å². The Labute approximate surface area is 150 Å². The third kappa shape index (κ3) is 4.75. The van der Waals surface area contributed by atoms with Crippen molar-refractivity contribution in [1.29, 1.82) is 0 Å². The van der Waals surface area contributed by atoms with Crippen LogP contribution in [0.3, 0.4) is 0 Å². The molecule has 2 aromatic rings. The van der Waals surface area contributed by atoms with E-state index in [2.05, 4.69) is 12.2 Å². The number of nitrogens with one attached hydrogen (secondary N) is 1. The molecular formula is C21H27NO3. The van der Waals surface area contributed by atoms with Crippen molar-refractivity contribution in [1.82, 2.24) is 5.32 Å². The molecule has 0 saturated carbocycles. The van der Waals surface area contributed by atoms with Gasteiger partial charge in [0.2, 0.25) is 0 Å². The van der Waals surface area contributed by atoms with Crippen LogP contribution in [-0.4, -0.2) is 19.1 Å². The lowest BCUT2D eigenvalue weighted by atomic mass is 10.1. The number of hydrogen-bond acceptors (Lipinski definition) is 3. The molecule has 2 aromatic carbocycles. The van der Waals surface area contributed by atoms with Gasteiger partial charge in [0.05, 0.1) is 13.2 Å². The van der Waals surface area contributed by atoms with Crippen molar-refractivity contribution in [2.75, 3.05) is 7.11 Å². The third-order valence-corrected chi connectivity index (χ3v) is 4.38. The van der Waals surface area contributed by atoms with E-state index in [4.69, 9.17) is 9.47 Å². The molecule has 1 amide bonds. The van der Waals surface area contributed by atoms with Crippen LogP contribution in [0.5, 0.6) is 11.5 Å². The van der Waals surface area contributed by atoms with E-state index in [0.717, 1.165) is 22.6 Å². The van der Waals surface area contributed by atoms with Crippen LogP contribution in [0.25, 0.3) is 0 Å². The molecular weight excluding hydrogens is 314 g/mol. The maximum Gasteiger partial charge on any atom is 0.261 e. The van der Waals surface area contributed by atoms with Gasteiger partial charge < -0.3 is 14.8 Å². The number of ether oxygens (including phenoxy) is 2. The van der Waals surface area contributed by atoms with Gasteiger partial charge in [0, 0.05) is 5.56 Å². The molecule has 2 rings (SSSR count). The van der Waals surface area contributed by atoms with E-state index in [0.29, 0.717) is 6.42 Å². The second-order valence-corrected chi connectivity index (χ2v) is 6.23. The molecule has 0 radical (unpaired) electrons. The van der Waals surface area contributed by atoms with Gasteiger partial charge in [-0.3, -0.25) is 4.79 Å². The minimum atomic E-state index is -0.528. The lowest BCUT2D eigenvalue weighted by Crippen LogP contribution is -2.39. The summed E-state index contributed by atoms with van der Waals surface area (Å²) in [6.45, 7) is 7.97. The number of rotatable bonds is 7. The molecule has 1 N–H and O–H groups in total. The van der Waals surface area contributed by atoms with E-state index in [-0.39, 0.29) is 11.9 Å². The maximum absolute atomic E-state index is 12.6. The second-order valence-electron chi connectivity index (χ2n) is 6.23. The number of methoxy groups -OCH3 is 1. The monoisotopic (exact) mass is 341 g/mol. The summed E-state index contributed by atoms with van der Waals surface area (Å²) in [5, 5.41) is 3.02. The van der Waals surface area contributed by atoms with Gasteiger partial charge >= 0.3 is 0 Å². The van der Waals surface area contributed by atoms with Gasteiger partial charge in [0.1, 0.15) is 11.5 Å². The van der Waals surface area contributed by atoms with Crippen LogP contribution in [0.2, 0.25) is 0 Å². The molecule has 25 heavy (non-hydrogen) atoms. The van der Waals surface area contributed by atoms with Crippen LogP contribution < -0.4 is 14.8 Å². The first-order valence-electron chi connectivity index (χ1n) is 8.63. The van der Waals surface area contributed by atoms with Crippen LogP contribution in [0.4, 0.5) is 0 Å². The van der Waals surface area contributed by atoms with E-state index < -0.39 is 6.10 Å². The highest BCUT2D eigenvalue weighted by Crippen LogP contribution is 2.25. The van der Waals surface area contributed by atoms with Crippen molar-refractivity contribution in [3.05, 3.63) is 59.2 Å². The normalized spacial score (nSPS) is 13.0. The van der Waals surface area contributed by atoms with Crippen LogP contribution in [0.15, 0.2) is 42.5 Å².